The fourth-order valence-corrected chi connectivity index (χ4v) is 6.32. The molecule has 5 heteroatoms. The van der Waals surface area contributed by atoms with E-state index in [2.05, 4.69) is 28.1 Å². The molecule has 0 radical (unpaired) electrons. The fraction of sp³-hybridized carbons (Fsp3) is 0.571. The Morgan fingerprint density at radius 3 is 3.08 bits per heavy atom. The number of aliphatic hydroxyl groups is 1. The van der Waals surface area contributed by atoms with Crippen molar-refractivity contribution in [3.63, 3.8) is 0 Å². The van der Waals surface area contributed by atoms with E-state index in [4.69, 9.17) is 4.74 Å². The van der Waals surface area contributed by atoms with Gasteiger partial charge in [-0.15, -0.1) is 0 Å². The molecular weight excluding hydrogens is 328 g/mol. The lowest BCUT2D eigenvalue weighted by Crippen LogP contribution is -2.67. The molecule has 6 rings (SSSR count). The van der Waals surface area contributed by atoms with Crippen LogP contribution in [0.2, 0.25) is 0 Å². The summed E-state index contributed by atoms with van der Waals surface area (Å²) >= 11 is 0. The van der Waals surface area contributed by atoms with E-state index in [1.54, 1.807) is 0 Å². The number of benzene rings is 1. The quantitative estimate of drug-likeness (QED) is 0.830. The number of rotatable bonds is 3. The summed E-state index contributed by atoms with van der Waals surface area (Å²) in [6, 6.07) is 8.47. The number of hydrogen-bond acceptors (Lipinski definition) is 4. The summed E-state index contributed by atoms with van der Waals surface area (Å²) in [5.41, 5.74) is 2.82. The molecular formula is C21H26N2O3. The number of hydrogen-bond donors (Lipinski definition) is 2. The normalized spacial score (nSPS) is 35.2. The third kappa shape index (κ3) is 2.01. The molecule has 138 valence electrons. The van der Waals surface area contributed by atoms with Crippen LogP contribution in [0, 0.1) is 11.8 Å². The number of carbonyl (C=O) groups excluding carboxylic acids is 1. The largest absolute Gasteiger partial charge is 0.468 e. The second-order valence-electron chi connectivity index (χ2n) is 8.26. The highest BCUT2D eigenvalue weighted by Crippen LogP contribution is 2.55. The molecule has 5 nitrogen and oxygen atoms in total. The summed E-state index contributed by atoms with van der Waals surface area (Å²) in [5.74, 6) is 0.700. The van der Waals surface area contributed by atoms with Gasteiger partial charge in [0, 0.05) is 42.3 Å². The van der Waals surface area contributed by atoms with Crippen molar-refractivity contribution in [2.75, 3.05) is 26.8 Å². The Morgan fingerprint density at radius 2 is 2.27 bits per heavy atom. The summed E-state index contributed by atoms with van der Waals surface area (Å²) in [7, 11) is 1.51. The first kappa shape index (κ1) is 16.3. The van der Waals surface area contributed by atoms with Crippen molar-refractivity contribution in [2.24, 2.45) is 11.8 Å². The maximum Gasteiger partial charge on any atom is 0.319 e. The van der Waals surface area contributed by atoms with Crippen LogP contribution in [0.15, 0.2) is 24.3 Å². The topological polar surface area (TPSA) is 65.6 Å². The minimum absolute atomic E-state index is 0.112. The summed E-state index contributed by atoms with van der Waals surface area (Å²) < 4.78 is 5.41. The van der Waals surface area contributed by atoms with Crippen molar-refractivity contribution in [3.8, 4) is 0 Å². The summed E-state index contributed by atoms with van der Waals surface area (Å²) in [5, 5.41) is 10.9. The average molecular weight is 354 g/mol. The van der Waals surface area contributed by atoms with Crippen LogP contribution in [-0.2, 0) is 21.4 Å². The van der Waals surface area contributed by atoms with Crippen molar-refractivity contribution in [3.05, 3.63) is 35.5 Å². The number of aromatic nitrogens is 1. The van der Waals surface area contributed by atoms with Gasteiger partial charge in [0.05, 0.1) is 7.11 Å². The molecule has 4 aliphatic rings. The van der Waals surface area contributed by atoms with Crippen molar-refractivity contribution >= 4 is 16.9 Å². The lowest BCUT2D eigenvalue weighted by atomic mass is 9.56. The zero-order valence-corrected chi connectivity index (χ0v) is 15.2. The van der Waals surface area contributed by atoms with Crippen molar-refractivity contribution in [2.45, 2.75) is 37.1 Å². The number of para-hydroxylation sites is 1. The van der Waals surface area contributed by atoms with Crippen LogP contribution in [0.1, 0.15) is 30.5 Å². The molecule has 5 atom stereocenters. The van der Waals surface area contributed by atoms with Gasteiger partial charge >= 0.3 is 5.97 Å². The minimum atomic E-state index is -0.638. The molecule has 2 saturated heterocycles. The van der Waals surface area contributed by atoms with Gasteiger partial charge in [0.2, 0.25) is 0 Å². The first-order valence-corrected chi connectivity index (χ1v) is 9.72. The van der Waals surface area contributed by atoms with E-state index < -0.39 is 5.41 Å². The maximum atomic E-state index is 13.3. The molecule has 0 spiro atoms. The minimum Gasteiger partial charge on any atom is -0.468 e. The number of aromatic amines is 1. The molecule has 1 aromatic heterocycles. The molecule has 26 heavy (non-hydrogen) atoms. The standard InChI is InChI=1S/C21H26N2O3/c1-26-20(25)21-11-13-10-14(7-9-24)19(21)23(12-13)8-6-16-15-4-2-3-5-17(15)22-18(16)21/h2-5,13-14,19,22,24H,6-12H2,1H3/t13-,14+,19-,21-/m1/s1. The van der Waals surface area contributed by atoms with E-state index in [1.807, 2.05) is 6.07 Å². The van der Waals surface area contributed by atoms with E-state index >= 15 is 0 Å². The number of fused-ring (bicyclic) bond motifs is 4. The Morgan fingerprint density at radius 1 is 1.42 bits per heavy atom. The molecule has 3 fully saturated rings. The number of nitrogens with one attached hydrogen (secondary N) is 1. The van der Waals surface area contributed by atoms with Crippen LogP contribution >= 0.6 is 0 Å². The highest BCUT2D eigenvalue weighted by Gasteiger charge is 2.62. The van der Waals surface area contributed by atoms with Gasteiger partial charge in [-0.05, 0) is 49.1 Å². The Kier molecular flexibility index (Phi) is 3.66. The Balaban J connectivity index is 1.77. The SMILES string of the molecule is COC(=O)[C@@]12C[C@H]3C[C@H](CCO)[C@H]1N(CCc1c2[nH]c2ccccc12)C3. The van der Waals surface area contributed by atoms with Gasteiger partial charge in [0.15, 0.2) is 0 Å². The van der Waals surface area contributed by atoms with Gasteiger partial charge in [-0.3, -0.25) is 9.69 Å². The van der Waals surface area contributed by atoms with Crippen LogP contribution in [-0.4, -0.2) is 53.8 Å². The van der Waals surface area contributed by atoms with Crippen molar-refractivity contribution in [1.82, 2.24) is 9.88 Å². The van der Waals surface area contributed by atoms with Gasteiger partial charge in [-0.2, -0.15) is 0 Å². The third-order valence-electron chi connectivity index (χ3n) is 7.04. The summed E-state index contributed by atoms with van der Waals surface area (Å²) in [6.45, 7) is 2.21. The Bertz CT molecular complexity index is 860. The molecule has 4 bridgehead atoms. The number of piperidine rings is 2. The molecule has 3 aliphatic heterocycles. The van der Waals surface area contributed by atoms with E-state index in [0.29, 0.717) is 11.8 Å². The van der Waals surface area contributed by atoms with Gasteiger partial charge in [-0.1, -0.05) is 18.2 Å². The first-order chi connectivity index (χ1) is 12.7. The smallest absolute Gasteiger partial charge is 0.319 e. The van der Waals surface area contributed by atoms with Gasteiger partial charge < -0.3 is 14.8 Å². The van der Waals surface area contributed by atoms with E-state index in [9.17, 15) is 9.90 Å². The van der Waals surface area contributed by atoms with Crippen LogP contribution in [0.3, 0.4) is 0 Å². The molecule has 2 aromatic rings. The lowest BCUT2D eigenvalue weighted by molar-refractivity contribution is -0.162. The molecule has 1 aromatic carbocycles. The van der Waals surface area contributed by atoms with E-state index in [1.165, 1.54) is 18.1 Å². The molecule has 1 aliphatic carbocycles. The van der Waals surface area contributed by atoms with Gasteiger partial charge in [-0.25, -0.2) is 0 Å². The molecule has 4 heterocycles. The van der Waals surface area contributed by atoms with Gasteiger partial charge in [0.1, 0.15) is 5.41 Å². The highest BCUT2D eigenvalue weighted by molar-refractivity contribution is 5.91. The number of nitrogens with zero attached hydrogens (tertiary/aromatic N) is 1. The summed E-state index contributed by atoms with van der Waals surface area (Å²) in [4.78, 5) is 19.4. The number of aliphatic hydroxyl groups excluding tert-OH is 1. The number of ether oxygens (including phenoxy) is 1. The van der Waals surface area contributed by atoms with Gasteiger partial charge in [0.25, 0.3) is 0 Å². The molecule has 1 saturated carbocycles. The van der Waals surface area contributed by atoms with Crippen LogP contribution < -0.4 is 0 Å². The summed E-state index contributed by atoms with van der Waals surface area (Å²) in [6.07, 6.45) is 3.66. The predicted octanol–water partition coefficient (Wildman–Crippen LogP) is 2.23. The van der Waals surface area contributed by atoms with Crippen LogP contribution in [0.5, 0.6) is 0 Å². The highest BCUT2D eigenvalue weighted by atomic mass is 16.5. The number of carbonyl (C=O) groups is 1. The van der Waals surface area contributed by atoms with Crippen LogP contribution in [0.25, 0.3) is 10.9 Å². The molecule has 0 amide bonds. The fourth-order valence-electron chi connectivity index (χ4n) is 6.32. The zero-order chi connectivity index (χ0) is 17.9. The van der Waals surface area contributed by atoms with Crippen molar-refractivity contribution in [1.29, 1.82) is 0 Å². The number of esters is 1. The maximum absolute atomic E-state index is 13.3. The lowest BCUT2D eigenvalue weighted by Gasteiger charge is -2.57. The third-order valence-corrected chi connectivity index (χ3v) is 7.04. The second-order valence-corrected chi connectivity index (χ2v) is 8.26. The van der Waals surface area contributed by atoms with E-state index in [0.717, 1.165) is 50.0 Å². The Hall–Kier alpha value is -1.85. The van der Waals surface area contributed by atoms with Crippen molar-refractivity contribution < 1.29 is 14.6 Å². The second kappa shape index (κ2) is 5.83. The zero-order valence-electron chi connectivity index (χ0n) is 15.2. The van der Waals surface area contributed by atoms with Crippen LogP contribution in [0.4, 0.5) is 0 Å². The first-order valence-electron chi connectivity index (χ1n) is 9.72. The monoisotopic (exact) mass is 354 g/mol. The van der Waals surface area contributed by atoms with E-state index in [-0.39, 0.29) is 18.6 Å². The number of methoxy groups -OCH3 is 1. The molecule has 2 N–H and O–H groups in total. The number of H-pyrrole nitrogens is 1. The predicted molar refractivity (Wildman–Crippen MR) is 99.0 cm³/mol. The Labute approximate surface area is 153 Å². The average Bonchev–Trinajstić information content (AvgIpc) is 3.00. The molecule has 1 unspecified atom stereocenters.